The number of carboxylic acids is 1. The van der Waals surface area contributed by atoms with Crippen LogP contribution in [0.15, 0.2) is 28.7 Å². The fraction of sp³-hybridized carbons (Fsp3) is 0.462. The lowest BCUT2D eigenvalue weighted by Crippen LogP contribution is -2.32. The molecule has 0 aliphatic rings. The van der Waals surface area contributed by atoms with Crippen molar-refractivity contribution in [3.63, 3.8) is 0 Å². The van der Waals surface area contributed by atoms with E-state index in [2.05, 4.69) is 33.0 Å². The Balaban J connectivity index is 2.39. The molecular weight excluding hydrogens is 282 g/mol. The van der Waals surface area contributed by atoms with Gasteiger partial charge in [0.15, 0.2) is 0 Å². The van der Waals surface area contributed by atoms with Crippen molar-refractivity contribution in [1.82, 2.24) is 4.90 Å². The Hall–Kier alpha value is -0.870. The highest BCUT2D eigenvalue weighted by Crippen LogP contribution is 2.11. The minimum atomic E-state index is -0.743. The van der Waals surface area contributed by atoms with Crippen molar-refractivity contribution in [3.05, 3.63) is 34.3 Å². The fourth-order valence-electron chi connectivity index (χ4n) is 1.59. The molecule has 1 atom stereocenters. The average molecular weight is 300 g/mol. The highest BCUT2D eigenvalue weighted by atomic mass is 79.9. The molecule has 4 heteroatoms. The quantitative estimate of drug-likeness (QED) is 0.878. The van der Waals surface area contributed by atoms with Gasteiger partial charge >= 0.3 is 5.97 Å². The molecule has 0 aromatic heterocycles. The van der Waals surface area contributed by atoms with Crippen LogP contribution in [-0.2, 0) is 11.2 Å². The second kappa shape index (κ2) is 6.77. The topological polar surface area (TPSA) is 40.5 Å². The van der Waals surface area contributed by atoms with Gasteiger partial charge in [-0.3, -0.25) is 4.79 Å². The van der Waals surface area contributed by atoms with E-state index in [1.807, 2.05) is 26.1 Å². The molecule has 1 rings (SSSR count). The number of carboxylic acid groups (broad SMARTS) is 1. The van der Waals surface area contributed by atoms with Gasteiger partial charge in [-0.05, 0) is 38.1 Å². The lowest BCUT2D eigenvalue weighted by Gasteiger charge is -2.23. The normalized spacial score (nSPS) is 12.7. The summed E-state index contributed by atoms with van der Waals surface area (Å²) in [5, 5.41) is 8.72. The summed E-state index contributed by atoms with van der Waals surface area (Å²) in [6, 6.07) is 8.29. The number of benzene rings is 1. The molecule has 17 heavy (non-hydrogen) atoms. The van der Waals surface area contributed by atoms with Crippen molar-refractivity contribution in [2.45, 2.75) is 25.8 Å². The van der Waals surface area contributed by atoms with Gasteiger partial charge in [-0.1, -0.05) is 28.1 Å². The first-order valence-corrected chi connectivity index (χ1v) is 6.45. The second-order valence-corrected chi connectivity index (χ2v) is 5.22. The number of nitrogens with zero attached hydrogens (tertiary/aromatic N) is 1. The van der Waals surface area contributed by atoms with Gasteiger partial charge in [-0.2, -0.15) is 0 Å². The summed E-state index contributed by atoms with van der Waals surface area (Å²) in [4.78, 5) is 12.7. The summed E-state index contributed by atoms with van der Waals surface area (Å²) in [5.74, 6) is -0.743. The first-order chi connectivity index (χ1) is 7.99. The largest absolute Gasteiger partial charge is 0.481 e. The zero-order chi connectivity index (χ0) is 12.8. The van der Waals surface area contributed by atoms with E-state index in [1.165, 1.54) is 5.56 Å². The molecule has 0 heterocycles. The molecule has 0 fully saturated rings. The molecular formula is C13H18BrNO2. The molecule has 1 aromatic rings. The highest BCUT2D eigenvalue weighted by Gasteiger charge is 2.12. The van der Waals surface area contributed by atoms with Crippen LogP contribution < -0.4 is 0 Å². The predicted octanol–water partition coefficient (Wildman–Crippen LogP) is 2.79. The molecule has 3 nitrogen and oxygen atoms in total. The Morgan fingerprint density at radius 3 is 2.53 bits per heavy atom. The van der Waals surface area contributed by atoms with Crippen LogP contribution in [0.25, 0.3) is 0 Å². The first-order valence-electron chi connectivity index (χ1n) is 5.65. The van der Waals surface area contributed by atoms with E-state index >= 15 is 0 Å². The van der Waals surface area contributed by atoms with Crippen LogP contribution in [0.4, 0.5) is 0 Å². The number of rotatable bonds is 6. The van der Waals surface area contributed by atoms with E-state index in [4.69, 9.17) is 5.11 Å². The minimum Gasteiger partial charge on any atom is -0.481 e. The van der Waals surface area contributed by atoms with E-state index in [0.717, 1.165) is 17.4 Å². The van der Waals surface area contributed by atoms with E-state index in [9.17, 15) is 4.79 Å². The first kappa shape index (κ1) is 14.2. The molecule has 0 bridgehead atoms. The van der Waals surface area contributed by atoms with Gasteiger partial charge in [0, 0.05) is 17.1 Å². The van der Waals surface area contributed by atoms with Gasteiger partial charge in [-0.15, -0.1) is 0 Å². The number of likely N-dealkylation sites (N-methyl/N-ethyl adjacent to an activating group) is 1. The van der Waals surface area contributed by atoms with Gasteiger partial charge < -0.3 is 10.0 Å². The molecule has 1 unspecified atom stereocenters. The van der Waals surface area contributed by atoms with Crippen molar-refractivity contribution in [2.75, 3.05) is 13.6 Å². The molecule has 1 N–H and O–H groups in total. The molecule has 0 radical (unpaired) electrons. The maximum absolute atomic E-state index is 10.6. The maximum Gasteiger partial charge on any atom is 0.304 e. The Kier molecular flexibility index (Phi) is 5.65. The Morgan fingerprint density at radius 2 is 2.00 bits per heavy atom. The molecule has 0 aliphatic heterocycles. The summed E-state index contributed by atoms with van der Waals surface area (Å²) >= 11 is 3.40. The van der Waals surface area contributed by atoms with E-state index in [-0.39, 0.29) is 12.5 Å². The van der Waals surface area contributed by atoms with Crippen molar-refractivity contribution < 1.29 is 9.90 Å². The van der Waals surface area contributed by atoms with E-state index < -0.39 is 5.97 Å². The number of hydrogen-bond donors (Lipinski definition) is 1. The Labute approximate surface area is 111 Å². The zero-order valence-electron chi connectivity index (χ0n) is 10.2. The lowest BCUT2D eigenvalue weighted by atomic mass is 10.1. The molecule has 94 valence electrons. The third kappa shape index (κ3) is 5.33. The van der Waals surface area contributed by atoms with Crippen LogP contribution in [0.3, 0.4) is 0 Å². The van der Waals surface area contributed by atoms with Gasteiger partial charge in [0.05, 0.1) is 6.42 Å². The van der Waals surface area contributed by atoms with Crippen LogP contribution in [0.1, 0.15) is 18.9 Å². The van der Waals surface area contributed by atoms with E-state index in [1.54, 1.807) is 0 Å². The number of halogens is 1. The Morgan fingerprint density at radius 1 is 1.41 bits per heavy atom. The fourth-order valence-corrected chi connectivity index (χ4v) is 1.85. The molecule has 0 amide bonds. The molecule has 1 aromatic carbocycles. The average Bonchev–Trinajstić information content (AvgIpc) is 2.27. The van der Waals surface area contributed by atoms with Gasteiger partial charge in [-0.25, -0.2) is 0 Å². The Bertz CT molecular complexity index is 364. The van der Waals surface area contributed by atoms with Gasteiger partial charge in [0.25, 0.3) is 0 Å². The van der Waals surface area contributed by atoms with Gasteiger partial charge in [0.2, 0.25) is 0 Å². The monoisotopic (exact) mass is 299 g/mol. The smallest absolute Gasteiger partial charge is 0.304 e. The van der Waals surface area contributed by atoms with Gasteiger partial charge in [0.1, 0.15) is 0 Å². The zero-order valence-corrected chi connectivity index (χ0v) is 11.8. The van der Waals surface area contributed by atoms with Crippen molar-refractivity contribution in [3.8, 4) is 0 Å². The summed E-state index contributed by atoms with van der Waals surface area (Å²) in [6.45, 7) is 2.81. The van der Waals surface area contributed by atoms with Crippen LogP contribution in [-0.4, -0.2) is 35.6 Å². The summed E-state index contributed by atoms with van der Waals surface area (Å²) < 4.78 is 1.08. The standard InChI is InChI=1S/C13H18BrNO2/c1-10(9-13(16)17)15(2)8-7-11-3-5-12(14)6-4-11/h3-6,10H,7-9H2,1-2H3,(H,16,17). The van der Waals surface area contributed by atoms with Crippen LogP contribution in [0, 0.1) is 0 Å². The summed E-state index contributed by atoms with van der Waals surface area (Å²) in [5.41, 5.74) is 1.27. The number of carbonyl (C=O) groups is 1. The second-order valence-electron chi connectivity index (χ2n) is 4.30. The molecule has 0 saturated carbocycles. The molecule has 0 aliphatic carbocycles. The third-order valence-corrected chi connectivity index (χ3v) is 3.42. The molecule has 0 spiro atoms. The lowest BCUT2D eigenvalue weighted by molar-refractivity contribution is -0.138. The number of hydrogen-bond acceptors (Lipinski definition) is 2. The number of aliphatic carboxylic acids is 1. The van der Waals surface area contributed by atoms with E-state index in [0.29, 0.717) is 0 Å². The van der Waals surface area contributed by atoms with Crippen LogP contribution in [0.2, 0.25) is 0 Å². The van der Waals surface area contributed by atoms with Crippen molar-refractivity contribution in [2.24, 2.45) is 0 Å². The van der Waals surface area contributed by atoms with Crippen LogP contribution >= 0.6 is 15.9 Å². The highest BCUT2D eigenvalue weighted by molar-refractivity contribution is 9.10. The summed E-state index contributed by atoms with van der Waals surface area (Å²) in [7, 11) is 1.96. The van der Waals surface area contributed by atoms with Crippen LogP contribution in [0.5, 0.6) is 0 Å². The van der Waals surface area contributed by atoms with Crippen molar-refractivity contribution in [1.29, 1.82) is 0 Å². The summed E-state index contributed by atoms with van der Waals surface area (Å²) in [6.07, 6.45) is 1.13. The predicted molar refractivity (Wildman–Crippen MR) is 72.2 cm³/mol. The SMILES string of the molecule is CC(CC(=O)O)N(C)CCc1ccc(Br)cc1. The maximum atomic E-state index is 10.6. The minimum absolute atomic E-state index is 0.0722. The van der Waals surface area contributed by atoms with Crippen molar-refractivity contribution >= 4 is 21.9 Å². The molecule has 0 saturated heterocycles. The third-order valence-electron chi connectivity index (χ3n) is 2.89.